The van der Waals surface area contributed by atoms with Crippen molar-refractivity contribution in [2.75, 3.05) is 26.2 Å². The van der Waals surface area contributed by atoms with Crippen LogP contribution >= 0.6 is 11.6 Å². The zero-order valence-electron chi connectivity index (χ0n) is 16.5. The van der Waals surface area contributed by atoms with Gasteiger partial charge in [-0.1, -0.05) is 41.9 Å². The van der Waals surface area contributed by atoms with Gasteiger partial charge in [0.2, 0.25) is 10.0 Å². The molecule has 29 heavy (non-hydrogen) atoms. The lowest BCUT2D eigenvalue weighted by Crippen LogP contribution is -2.50. The number of amides is 1. The molecule has 0 atom stereocenters. The van der Waals surface area contributed by atoms with Crippen LogP contribution in [0.3, 0.4) is 0 Å². The number of carbonyl (C=O) groups is 1. The fourth-order valence-electron chi connectivity index (χ4n) is 3.24. The van der Waals surface area contributed by atoms with Gasteiger partial charge in [-0.05, 0) is 37.6 Å². The predicted molar refractivity (Wildman–Crippen MR) is 114 cm³/mol. The van der Waals surface area contributed by atoms with Crippen molar-refractivity contribution in [3.63, 3.8) is 0 Å². The molecule has 0 saturated carbocycles. The summed E-state index contributed by atoms with van der Waals surface area (Å²) in [5.41, 5.74) is 1.15. The fraction of sp³-hybridized carbons (Fsp3) is 0.381. The fourth-order valence-corrected chi connectivity index (χ4v) is 4.93. The van der Waals surface area contributed by atoms with E-state index in [1.165, 1.54) is 4.31 Å². The minimum atomic E-state index is -3.43. The SMILES string of the molecule is CC(C)Oc1ccc(Cl)cc1C(=O)N1CCN(S(=O)(=O)Cc2ccccc2)CC1. The van der Waals surface area contributed by atoms with Crippen LogP contribution < -0.4 is 4.74 Å². The zero-order chi connectivity index (χ0) is 21.0. The average molecular weight is 437 g/mol. The number of rotatable bonds is 6. The third-order valence-electron chi connectivity index (χ3n) is 4.65. The average Bonchev–Trinajstić information content (AvgIpc) is 2.69. The summed E-state index contributed by atoms with van der Waals surface area (Å²) in [6.07, 6.45) is -0.0808. The van der Waals surface area contributed by atoms with Crippen molar-refractivity contribution in [2.45, 2.75) is 25.7 Å². The first-order chi connectivity index (χ1) is 13.8. The topological polar surface area (TPSA) is 66.9 Å². The van der Waals surface area contributed by atoms with Gasteiger partial charge in [0.1, 0.15) is 5.75 Å². The van der Waals surface area contributed by atoms with Gasteiger partial charge in [-0.3, -0.25) is 4.79 Å². The van der Waals surface area contributed by atoms with E-state index < -0.39 is 10.0 Å². The van der Waals surface area contributed by atoms with Crippen molar-refractivity contribution < 1.29 is 17.9 Å². The van der Waals surface area contributed by atoms with E-state index in [0.29, 0.717) is 29.4 Å². The minimum Gasteiger partial charge on any atom is -0.490 e. The van der Waals surface area contributed by atoms with Gasteiger partial charge in [-0.2, -0.15) is 4.31 Å². The van der Waals surface area contributed by atoms with Crippen molar-refractivity contribution in [1.82, 2.24) is 9.21 Å². The molecule has 0 N–H and O–H groups in total. The molecule has 1 heterocycles. The zero-order valence-corrected chi connectivity index (χ0v) is 18.1. The molecule has 8 heteroatoms. The molecule has 0 bridgehead atoms. The van der Waals surface area contributed by atoms with Crippen LogP contribution in [0.5, 0.6) is 5.75 Å². The second-order valence-corrected chi connectivity index (χ2v) is 9.65. The van der Waals surface area contributed by atoms with Gasteiger partial charge in [0.15, 0.2) is 0 Å². The monoisotopic (exact) mass is 436 g/mol. The van der Waals surface area contributed by atoms with Crippen LogP contribution in [0.4, 0.5) is 0 Å². The molecule has 0 aromatic heterocycles. The summed E-state index contributed by atoms with van der Waals surface area (Å²) in [5.74, 6) is 0.236. The quantitative estimate of drug-likeness (QED) is 0.695. The van der Waals surface area contributed by atoms with Crippen LogP contribution in [-0.2, 0) is 15.8 Å². The Morgan fingerprint density at radius 2 is 1.72 bits per heavy atom. The molecule has 1 fully saturated rings. The molecule has 0 aliphatic carbocycles. The lowest BCUT2D eigenvalue weighted by atomic mass is 10.1. The highest BCUT2D eigenvalue weighted by Gasteiger charge is 2.30. The van der Waals surface area contributed by atoms with Gasteiger partial charge < -0.3 is 9.64 Å². The largest absolute Gasteiger partial charge is 0.490 e. The van der Waals surface area contributed by atoms with Crippen molar-refractivity contribution in [3.8, 4) is 5.75 Å². The van der Waals surface area contributed by atoms with Crippen LogP contribution in [0.15, 0.2) is 48.5 Å². The summed E-state index contributed by atoms with van der Waals surface area (Å²) >= 11 is 6.08. The lowest BCUT2D eigenvalue weighted by molar-refractivity contribution is 0.0691. The summed E-state index contributed by atoms with van der Waals surface area (Å²) in [5, 5.41) is 0.452. The Morgan fingerprint density at radius 1 is 1.07 bits per heavy atom. The Hall–Kier alpha value is -2.09. The Morgan fingerprint density at radius 3 is 2.34 bits per heavy atom. The summed E-state index contributed by atoms with van der Waals surface area (Å²) < 4.78 is 32.6. The number of hydrogen-bond donors (Lipinski definition) is 0. The molecule has 3 rings (SSSR count). The van der Waals surface area contributed by atoms with Gasteiger partial charge >= 0.3 is 0 Å². The maximum Gasteiger partial charge on any atom is 0.257 e. The molecule has 0 unspecified atom stereocenters. The molecule has 2 aromatic rings. The van der Waals surface area contributed by atoms with E-state index in [4.69, 9.17) is 16.3 Å². The van der Waals surface area contributed by atoms with Crippen LogP contribution in [0.2, 0.25) is 5.02 Å². The number of sulfonamides is 1. The molecule has 6 nitrogen and oxygen atoms in total. The van der Waals surface area contributed by atoms with E-state index in [0.717, 1.165) is 5.56 Å². The van der Waals surface area contributed by atoms with Crippen LogP contribution in [0.25, 0.3) is 0 Å². The Bertz CT molecular complexity index is 956. The summed E-state index contributed by atoms with van der Waals surface area (Å²) in [6.45, 7) is 4.95. The minimum absolute atomic E-state index is 0.0392. The second kappa shape index (κ2) is 9.15. The smallest absolute Gasteiger partial charge is 0.257 e. The lowest BCUT2D eigenvalue weighted by Gasteiger charge is -2.34. The van der Waals surface area contributed by atoms with E-state index in [2.05, 4.69) is 0 Å². The molecule has 1 aliphatic heterocycles. The van der Waals surface area contributed by atoms with Gasteiger partial charge in [-0.25, -0.2) is 8.42 Å². The first-order valence-corrected chi connectivity index (χ1v) is 11.5. The van der Waals surface area contributed by atoms with E-state index in [1.54, 1.807) is 35.2 Å². The third kappa shape index (κ3) is 5.50. The third-order valence-corrected chi connectivity index (χ3v) is 6.73. The van der Waals surface area contributed by atoms with Gasteiger partial charge in [0.05, 0.1) is 17.4 Å². The molecule has 156 valence electrons. The Kier molecular flexibility index (Phi) is 6.82. The van der Waals surface area contributed by atoms with E-state index >= 15 is 0 Å². The Balaban J connectivity index is 1.68. The number of benzene rings is 2. The molecular formula is C21H25ClN2O4S. The molecule has 0 radical (unpaired) electrons. The predicted octanol–water partition coefficient (Wildman–Crippen LogP) is 3.42. The highest BCUT2D eigenvalue weighted by atomic mass is 35.5. The van der Waals surface area contributed by atoms with Crippen molar-refractivity contribution >= 4 is 27.5 Å². The molecule has 1 amide bonds. The number of ether oxygens (including phenoxy) is 1. The highest BCUT2D eigenvalue weighted by molar-refractivity contribution is 7.88. The van der Waals surface area contributed by atoms with Crippen LogP contribution in [-0.4, -0.2) is 55.8 Å². The standard InChI is InChI=1S/C21H25ClN2O4S/c1-16(2)28-20-9-8-18(22)14-19(20)21(25)23-10-12-24(13-11-23)29(26,27)15-17-6-4-3-5-7-17/h3-9,14,16H,10-13,15H2,1-2H3. The molecule has 1 saturated heterocycles. The summed E-state index contributed by atoms with van der Waals surface area (Å²) in [6, 6.07) is 14.1. The number of hydrogen-bond acceptors (Lipinski definition) is 4. The first kappa shape index (κ1) is 21.6. The molecule has 0 spiro atoms. The number of halogens is 1. The number of carbonyl (C=O) groups excluding carboxylic acids is 1. The number of nitrogens with zero attached hydrogens (tertiary/aromatic N) is 2. The first-order valence-electron chi connectivity index (χ1n) is 9.53. The van der Waals surface area contributed by atoms with Gasteiger partial charge in [0, 0.05) is 31.2 Å². The summed E-state index contributed by atoms with van der Waals surface area (Å²) in [4.78, 5) is 14.7. The van der Waals surface area contributed by atoms with Crippen molar-refractivity contribution in [1.29, 1.82) is 0 Å². The van der Waals surface area contributed by atoms with E-state index in [-0.39, 0.29) is 30.9 Å². The van der Waals surface area contributed by atoms with Crippen LogP contribution in [0.1, 0.15) is 29.8 Å². The van der Waals surface area contributed by atoms with E-state index in [9.17, 15) is 13.2 Å². The molecular weight excluding hydrogens is 412 g/mol. The normalized spacial score (nSPS) is 15.5. The van der Waals surface area contributed by atoms with Gasteiger partial charge in [0.25, 0.3) is 5.91 Å². The molecule has 2 aromatic carbocycles. The highest BCUT2D eigenvalue weighted by Crippen LogP contribution is 2.26. The van der Waals surface area contributed by atoms with Crippen molar-refractivity contribution in [2.24, 2.45) is 0 Å². The van der Waals surface area contributed by atoms with Crippen LogP contribution in [0, 0.1) is 0 Å². The number of piperazine rings is 1. The maximum atomic E-state index is 13.0. The second-order valence-electron chi connectivity index (χ2n) is 7.24. The summed E-state index contributed by atoms with van der Waals surface area (Å²) in [7, 11) is -3.43. The maximum absolute atomic E-state index is 13.0. The Labute approximate surface area is 177 Å². The van der Waals surface area contributed by atoms with E-state index in [1.807, 2.05) is 32.0 Å². The van der Waals surface area contributed by atoms with Gasteiger partial charge in [-0.15, -0.1) is 0 Å². The van der Waals surface area contributed by atoms with Crippen molar-refractivity contribution in [3.05, 3.63) is 64.7 Å². The molecule has 1 aliphatic rings.